The van der Waals surface area contributed by atoms with Crippen LogP contribution in [-0.4, -0.2) is 38.9 Å². The number of aliphatic hydroxyl groups excluding tert-OH is 1. The van der Waals surface area contributed by atoms with Crippen molar-refractivity contribution in [3.63, 3.8) is 0 Å². The summed E-state index contributed by atoms with van der Waals surface area (Å²) in [6.07, 6.45) is 11.5. The van der Waals surface area contributed by atoms with Crippen LogP contribution in [0.3, 0.4) is 0 Å². The van der Waals surface area contributed by atoms with Gasteiger partial charge in [0.15, 0.2) is 0 Å². The van der Waals surface area contributed by atoms with E-state index in [1.54, 1.807) is 0 Å². The minimum absolute atomic E-state index is 0.00655. The first-order valence-electron chi connectivity index (χ1n) is 17.0. The normalized spacial score (nSPS) is 37.3. The van der Waals surface area contributed by atoms with E-state index in [4.69, 9.17) is 9.84 Å². The summed E-state index contributed by atoms with van der Waals surface area (Å²) >= 11 is 0. The third-order valence-corrected chi connectivity index (χ3v) is 11.9. The zero-order valence-corrected chi connectivity index (χ0v) is 27.0. The van der Waals surface area contributed by atoms with Crippen LogP contribution in [0.2, 0.25) is 0 Å². The van der Waals surface area contributed by atoms with Crippen molar-refractivity contribution in [2.75, 3.05) is 0 Å². The van der Waals surface area contributed by atoms with Crippen LogP contribution in [0.15, 0.2) is 60.7 Å². The van der Waals surface area contributed by atoms with Gasteiger partial charge in [-0.15, -0.1) is 0 Å². The Labute approximate surface area is 271 Å². The molecule has 0 heterocycles. The van der Waals surface area contributed by atoms with Crippen LogP contribution in [-0.2, 0) is 27.5 Å². The highest BCUT2D eigenvalue weighted by Crippen LogP contribution is 2.65. The molecule has 8 nitrogen and oxygen atoms in total. The largest absolute Gasteiger partial charge is 0.481 e. The molecule has 2 unspecified atom stereocenters. The van der Waals surface area contributed by atoms with E-state index in [1.165, 1.54) is 19.3 Å². The summed E-state index contributed by atoms with van der Waals surface area (Å²) in [5, 5.41) is 30.6. The maximum atomic E-state index is 12.3. The third-order valence-electron chi connectivity index (χ3n) is 11.9. The van der Waals surface area contributed by atoms with Crippen LogP contribution in [0.1, 0.15) is 95.1 Å². The van der Waals surface area contributed by atoms with Crippen molar-refractivity contribution in [2.45, 2.75) is 103 Å². The number of carbonyl (C=O) groups is 3. The smallest absolute Gasteiger partial charge is 0.407 e. The number of carbonyl (C=O) groups excluding carboxylic acids is 1. The van der Waals surface area contributed by atoms with Gasteiger partial charge in [0.25, 0.3) is 0 Å². The van der Waals surface area contributed by atoms with Crippen LogP contribution in [0.25, 0.3) is 0 Å². The van der Waals surface area contributed by atoms with Gasteiger partial charge in [-0.2, -0.15) is 0 Å². The number of hydrogen-bond donors (Lipinski definition) is 4. The molecule has 8 fully saturated rings. The van der Waals surface area contributed by atoms with Gasteiger partial charge in [-0.3, -0.25) is 9.59 Å². The van der Waals surface area contributed by atoms with E-state index in [0.29, 0.717) is 56.0 Å². The zero-order chi connectivity index (χ0) is 32.6. The number of aliphatic hydroxyl groups is 1. The molecule has 248 valence electrons. The molecule has 8 saturated carbocycles. The van der Waals surface area contributed by atoms with Gasteiger partial charge in [0.1, 0.15) is 6.61 Å². The van der Waals surface area contributed by atoms with Gasteiger partial charge >= 0.3 is 18.0 Å². The highest BCUT2D eigenvalue weighted by molar-refractivity contribution is 5.81. The van der Waals surface area contributed by atoms with Gasteiger partial charge < -0.3 is 25.4 Å². The molecule has 8 bridgehead atoms. The van der Waals surface area contributed by atoms with Gasteiger partial charge in [-0.1, -0.05) is 67.6 Å². The SMILES string of the molecule is CC12CC3CC(C1)CC(NC(=O)OCc1ccccc1)(C3)C2.O=C(O)C12CC3CC(C1)CC(C(=O)O)(C3)C2.OCc1ccccc1. The van der Waals surface area contributed by atoms with Crippen molar-refractivity contribution in [3.05, 3.63) is 71.8 Å². The lowest BCUT2D eigenvalue weighted by atomic mass is 9.44. The standard InChI is InChI=1S/C19H25NO2.C12H16O4.C7H8O/c1-18-8-15-7-16(9-18)11-19(10-15,13-18)20-17(21)22-12-14-5-3-2-4-6-14;13-9(14)11-2-7-1-8(4-11)5-12(3-7,6-11)10(15)16;8-6-7-4-2-1-3-5-7/h2-6,15-16H,7-13H2,1H3,(H,20,21);7-8H,1-6H2,(H,13,14)(H,15,16);1-5,8H,6H2. The van der Waals surface area contributed by atoms with Gasteiger partial charge in [0.2, 0.25) is 0 Å². The van der Waals surface area contributed by atoms with E-state index in [9.17, 15) is 24.6 Å². The zero-order valence-electron chi connectivity index (χ0n) is 27.0. The van der Waals surface area contributed by atoms with Gasteiger partial charge in [0, 0.05) is 5.54 Å². The summed E-state index contributed by atoms with van der Waals surface area (Å²) in [5.41, 5.74) is 1.01. The Morgan fingerprint density at radius 1 is 0.696 bits per heavy atom. The molecule has 8 heteroatoms. The van der Waals surface area contributed by atoms with Crippen molar-refractivity contribution in [1.29, 1.82) is 0 Å². The average Bonchev–Trinajstić information content (AvgIpc) is 2.99. The quantitative estimate of drug-likeness (QED) is 0.265. The van der Waals surface area contributed by atoms with Gasteiger partial charge in [0.05, 0.1) is 17.4 Å². The second-order valence-corrected chi connectivity index (χ2v) is 16.0. The number of carboxylic acids is 2. The molecule has 0 aliphatic heterocycles. The highest BCUT2D eigenvalue weighted by Gasteiger charge is 2.63. The molecule has 10 rings (SSSR count). The van der Waals surface area contributed by atoms with Crippen molar-refractivity contribution in [2.24, 2.45) is 39.9 Å². The number of ether oxygens (including phenoxy) is 1. The first kappa shape index (κ1) is 32.5. The number of aliphatic carboxylic acids is 2. The monoisotopic (exact) mass is 631 g/mol. The summed E-state index contributed by atoms with van der Waals surface area (Å²) in [7, 11) is 0. The third kappa shape index (κ3) is 6.83. The Morgan fingerprint density at radius 3 is 1.57 bits per heavy atom. The highest BCUT2D eigenvalue weighted by atomic mass is 16.5. The Hall–Kier alpha value is -3.39. The first-order chi connectivity index (χ1) is 21.9. The van der Waals surface area contributed by atoms with Crippen molar-refractivity contribution in [1.82, 2.24) is 5.32 Å². The molecule has 0 spiro atoms. The van der Waals surface area contributed by atoms with E-state index in [2.05, 4.69) is 12.2 Å². The maximum Gasteiger partial charge on any atom is 0.407 e. The lowest BCUT2D eigenvalue weighted by molar-refractivity contribution is -0.187. The molecule has 0 aromatic heterocycles. The summed E-state index contributed by atoms with van der Waals surface area (Å²) in [6, 6.07) is 19.4. The molecule has 2 aromatic carbocycles. The lowest BCUT2D eigenvalue weighted by Crippen LogP contribution is -2.62. The number of rotatable bonds is 6. The average molecular weight is 632 g/mol. The molecular formula is C38H49NO7. The molecule has 1 amide bonds. The van der Waals surface area contributed by atoms with Crippen LogP contribution >= 0.6 is 0 Å². The Balaban J connectivity index is 0.000000135. The van der Waals surface area contributed by atoms with Gasteiger partial charge in [-0.05, 0) is 117 Å². The molecule has 2 atom stereocenters. The summed E-state index contributed by atoms with van der Waals surface area (Å²) < 4.78 is 5.45. The number of amides is 1. The van der Waals surface area contributed by atoms with Crippen LogP contribution in [0.5, 0.6) is 0 Å². The predicted octanol–water partition coefficient (Wildman–Crippen LogP) is 7.19. The van der Waals surface area contributed by atoms with Crippen molar-refractivity contribution in [3.8, 4) is 0 Å². The van der Waals surface area contributed by atoms with E-state index in [0.717, 1.165) is 48.6 Å². The lowest BCUT2D eigenvalue weighted by Gasteiger charge is -2.61. The fourth-order valence-electron chi connectivity index (χ4n) is 11.2. The minimum Gasteiger partial charge on any atom is -0.481 e. The molecule has 4 N–H and O–H groups in total. The molecule has 8 aliphatic carbocycles. The van der Waals surface area contributed by atoms with Crippen molar-refractivity contribution < 1.29 is 34.4 Å². The summed E-state index contributed by atoms with van der Waals surface area (Å²) in [6.45, 7) is 2.91. The second-order valence-electron chi connectivity index (χ2n) is 16.0. The number of alkyl carbamates (subject to hydrolysis) is 1. The molecule has 2 aromatic rings. The van der Waals surface area contributed by atoms with E-state index in [1.807, 2.05) is 60.7 Å². The fraction of sp³-hybridized carbons (Fsp3) is 0.605. The molecular weight excluding hydrogens is 582 g/mol. The van der Waals surface area contributed by atoms with Crippen LogP contribution < -0.4 is 5.32 Å². The van der Waals surface area contributed by atoms with E-state index < -0.39 is 22.8 Å². The number of hydrogen-bond acceptors (Lipinski definition) is 5. The Morgan fingerprint density at radius 2 is 1.15 bits per heavy atom. The molecule has 46 heavy (non-hydrogen) atoms. The second kappa shape index (κ2) is 12.7. The maximum absolute atomic E-state index is 12.3. The predicted molar refractivity (Wildman–Crippen MR) is 172 cm³/mol. The molecule has 0 saturated heterocycles. The minimum atomic E-state index is -0.771. The summed E-state index contributed by atoms with van der Waals surface area (Å²) in [5.74, 6) is 0.725. The van der Waals surface area contributed by atoms with Crippen LogP contribution in [0, 0.1) is 39.9 Å². The van der Waals surface area contributed by atoms with E-state index >= 15 is 0 Å². The van der Waals surface area contributed by atoms with Crippen molar-refractivity contribution >= 4 is 18.0 Å². The van der Waals surface area contributed by atoms with Gasteiger partial charge in [-0.25, -0.2) is 4.79 Å². The summed E-state index contributed by atoms with van der Waals surface area (Å²) in [4.78, 5) is 35.1. The molecule has 0 radical (unpaired) electrons. The first-order valence-corrected chi connectivity index (χ1v) is 17.0. The Bertz CT molecular complexity index is 1350. The Kier molecular flexibility index (Phi) is 8.96. The number of carboxylic acid groups (broad SMARTS) is 2. The topological polar surface area (TPSA) is 133 Å². The number of nitrogens with one attached hydrogen (secondary N) is 1. The fourth-order valence-corrected chi connectivity index (χ4v) is 11.2. The van der Waals surface area contributed by atoms with Crippen LogP contribution in [0.4, 0.5) is 4.79 Å². The number of benzene rings is 2. The van der Waals surface area contributed by atoms with E-state index in [-0.39, 0.29) is 18.2 Å². The molecule has 8 aliphatic rings.